The molecule has 0 fully saturated rings. The van der Waals surface area contributed by atoms with Gasteiger partial charge in [0.1, 0.15) is 0 Å². The highest BCUT2D eigenvalue weighted by Gasteiger charge is 2.61. The van der Waals surface area contributed by atoms with Gasteiger partial charge in [-0.15, -0.1) is 0 Å². The van der Waals surface area contributed by atoms with Gasteiger partial charge in [-0.25, -0.2) is 9.18 Å². The molecule has 1 atom stereocenters. The number of hydrogen-bond donors (Lipinski definition) is 1. The summed E-state index contributed by atoms with van der Waals surface area (Å²) in [5.41, 5.74) is -4.10. The summed E-state index contributed by atoms with van der Waals surface area (Å²) < 4.78 is 50.0. The van der Waals surface area contributed by atoms with E-state index >= 15 is 0 Å². The molecule has 6 heteroatoms. The number of aliphatic carboxylic acids is 1. The third-order valence-electron chi connectivity index (χ3n) is 2.66. The minimum Gasteiger partial charge on any atom is -0.479 e. The first-order chi connectivity index (χ1) is 7.75. The Morgan fingerprint density at radius 1 is 1.00 bits per heavy atom. The van der Waals surface area contributed by atoms with Gasteiger partial charge >= 0.3 is 17.8 Å². The molecule has 0 aliphatic heterocycles. The number of alkyl halides is 4. The van der Waals surface area contributed by atoms with Gasteiger partial charge in [0.15, 0.2) is 0 Å². The SMILES string of the molecule is CCCCCCCC[C@@](F)(C(=O)O)C(F)(F)F. The van der Waals surface area contributed by atoms with E-state index in [9.17, 15) is 22.4 Å². The summed E-state index contributed by atoms with van der Waals surface area (Å²) in [6.45, 7) is 2.00. The zero-order valence-electron chi connectivity index (χ0n) is 9.82. The van der Waals surface area contributed by atoms with Gasteiger partial charge < -0.3 is 5.11 Å². The molecule has 1 N–H and O–H groups in total. The summed E-state index contributed by atoms with van der Waals surface area (Å²) in [6.07, 6.45) is -2.40. The Morgan fingerprint density at radius 2 is 1.47 bits per heavy atom. The van der Waals surface area contributed by atoms with Gasteiger partial charge in [-0.1, -0.05) is 39.0 Å². The number of carboxylic acids is 1. The second-order valence-electron chi connectivity index (χ2n) is 4.12. The minimum absolute atomic E-state index is 0.0635. The van der Waals surface area contributed by atoms with Gasteiger partial charge in [-0.05, 0) is 6.42 Å². The van der Waals surface area contributed by atoms with Gasteiger partial charge in [0.25, 0.3) is 0 Å². The summed E-state index contributed by atoms with van der Waals surface area (Å²) in [7, 11) is 0. The maximum atomic E-state index is 13.3. The third-order valence-corrected chi connectivity index (χ3v) is 2.66. The lowest BCUT2D eigenvalue weighted by atomic mass is 9.97. The molecule has 0 aromatic rings. The quantitative estimate of drug-likeness (QED) is 0.526. The van der Waals surface area contributed by atoms with Crippen molar-refractivity contribution in [3.05, 3.63) is 0 Å². The van der Waals surface area contributed by atoms with Gasteiger partial charge in [0.2, 0.25) is 0 Å². The average molecular weight is 258 g/mol. The van der Waals surface area contributed by atoms with Crippen LogP contribution in [0.15, 0.2) is 0 Å². The average Bonchev–Trinajstić information content (AvgIpc) is 2.20. The first-order valence-corrected chi connectivity index (χ1v) is 5.74. The van der Waals surface area contributed by atoms with E-state index in [4.69, 9.17) is 5.11 Å². The van der Waals surface area contributed by atoms with Crippen LogP contribution in [-0.4, -0.2) is 22.9 Å². The van der Waals surface area contributed by atoms with Crippen molar-refractivity contribution < 1.29 is 27.5 Å². The van der Waals surface area contributed by atoms with Crippen LogP contribution in [-0.2, 0) is 4.79 Å². The second kappa shape index (κ2) is 6.81. The van der Waals surface area contributed by atoms with Gasteiger partial charge in [0, 0.05) is 6.42 Å². The molecule has 0 heterocycles. The number of rotatable bonds is 8. The van der Waals surface area contributed by atoms with Crippen LogP contribution >= 0.6 is 0 Å². The van der Waals surface area contributed by atoms with Gasteiger partial charge in [-0.3, -0.25) is 0 Å². The maximum absolute atomic E-state index is 13.3. The van der Waals surface area contributed by atoms with E-state index in [1.54, 1.807) is 0 Å². The molecule has 0 unspecified atom stereocenters. The Labute approximate surface area is 98.0 Å². The van der Waals surface area contributed by atoms with E-state index in [-0.39, 0.29) is 6.42 Å². The van der Waals surface area contributed by atoms with Crippen molar-refractivity contribution in [2.24, 2.45) is 0 Å². The van der Waals surface area contributed by atoms with Crippen molar-refractivity contribution in [3.8, 4) is 0 Å². The molecular weight excluding hydrogens is 240 g/mol. The molecule has 0 spiro atoms. The van der Waals surface area contributed by atoms with Crippen LogP contribution in [0.4, 0.5) is 17.6 Å². The number of unbranched alkanes of at least 4 members (excludes halogenated alkanes) is 5. The van der Waals surface area contributed by atoms with Gasteiger partial charge in [0.05, 0.1) is 0 Å². The highest BCUT2D eigenvalue weighted by Crippen LogP contribution is 2.38. The largest absolute Gasteiger partial charge is 0.479 e. The molecule has 102 valence electrons. The second-order valence-corrected chi connectivity index (χ2v) is 4.12. The van der Waals surface area contributed by atoms with Crippen LogP contribution in [0.25, 0.3) is 0 Å². The number of halogens is 4. The van der Waals surface area contributed by atoms with Gasteiger partial charge in [-0.2, -0.15) is 13.2 Å². The Kier molecular flexibility index (Phi) is 6.49. The maximum Gasteiger partial charge on any atom is 0.433 e. The van der Waals surface area contributed by atoms with Crippen molar-refractivity contribution in [1.82, 2.24) is 0 Å². The Balaban J connectivity index is 4.09. The van der Waals surface area contributed by atoms with Crippen molar-refractivity contribution in [1.29, 1.82) is 0 Å². The van der Waals surface area contributed by atoms with Crippen LogP contribution in [0, 0.1) is 0 Å². The van der Waals surface area contributed by atoms with E-state index in [0.717, 1.165) is 19.3 Å². The van der Waals surface area contributed by atoms with E-state index in [2.05, 4.69) is 0 Å². The van der Waals surface area contributed by atoms with Crippen molar-refractivity contribution in [2.45, 2.75) is 63.7 Å². The molecule has 0 aromatic heterocycles. The fraction of sp³-hybridized carbons (Fsp3) is 0.909. The van der Waals surface area contributed by atoms with E-state index in [0.29, 0.717) is 12.8 Å². The number of carbonyl (C=O) groups is 1. The predicted molar refractivity (Wildman–Crippen MR) is 55.5 cm³/mol. The molecule has 0 saturated carbocycles. The zero-order valence-corrected chi connectivity index (χ0v) is 9.82. The number of hydrogen-bond acceptors (Lipinski definition) is 1. The molecule has 17 heavy (non-hydrogen) atoms. The highest BCUT2D eigenvalue weighted by atomic mass is 19.4. The molecule has 0 bridgehead atoms. The lowest BCUT2D eigenvalue weighted by molar-refractivity contribution is -0.238. The monoisotopic (exact) mass is 258 g/mol. The van der Waals surface area contributed by atoms with Crippen LogP contribution in [0.3, 0.4) is 0 Å². The zero-order chi connectivity index (χ0) is 13.5. The first kappa shape index (κ1) is 16.2. The van der Waals surface area contributed by atoms with Crippen LogP contribution in [0.5, 0.6) is 0 Å². The van der Waals surface area contributed by atoms with Crippen molar-refractivity contribution in [2.75, 3.05) is 0 Å². The van der Waals surface area contributed by atoms with E-state index in [1.807, 2.05) is 6.92 Å². The number of carboxylic acid groups (broad SMARTS) is 1. The first-order valence-electron chi connectivity index (χ1n) is 5.74. The predicted octanol–water partition coefficient (Wildman–Crippen LogP) is 4.09. The molecule has 0 radical (unpaired) electrons. The molecule has 0 aromatic carbocycles. The minimum atomic E-state index is -5.34. The van der Waals surface area contributed by atoms with E-state index in [1.165, 1.54) is 0 Å². The standard InChI is InChI=1S/C11H18F4O2/c1-2-3-4-5-6-7-8-10(12,9(16)17)11(13,14)15/h2-8H2,1H3,(H,16,17)/t10-/m1/s1. The lowest BCUT2D eigenvalue weighted by Crippen LogP contribution is -2.48. The fourth-order valence-corrected chi connectivity index (χ4v) is 1.52. The summed E-state index contributed by atoms with van der Waals surface area (Å²) in [5.74, 6) is -2.45. The van der Waals surface area contributed by atoms with Crippen molar-refractivity contribution >= 4 is 5.97 Å². The molecule has 0 saturated heterocycles. The summed E-state index contributed by atoms with van der Waals surface area (Å²) >= 11 is 0. The Bertz CT molecular complexity index is 240. The molecule has 0 aliphatic carbocycles. The highest BCUT2D eigenvalue weighted by molar-refractivity contribution is 5.78. The van der Waals surface area contributed by atoms with Crippen molar-refractivity contribution in [3.63, 3.8) is 0 Å². The fourth-order valence-electron chi connectivity index (χ4n) is 1.52. The van der Waals surface area contributed by atoms with Crippen LogP contribution in [0.1, 0.15) is 51.9 Å². The summed E-state index contributed by atoms with van der Waals surface area (Å²) in [4.78, 5) is 10.3. The topological polar surface area (TPSA) is 37.3 Å². The molecular formula is C11H18F4O2. The van der Waals surface area contributed by atoms with Crippen LogP contribution < -0.4 is 0 Å². The van der Waals surface area contributed by atoms with Crippen LogP contribution in [0.2, 0.25) is 0 Å². The summed E-state index contributed by atoms with van der Waals surface area (Å²) in [5, 5.41) is 8.31. The smallest absolute Gasteiger partial charge is 0.433 e. The molecule has 0 aliphatic rings. The lowest BCUT2D eigenvalue weighted by Gasteiger charge is -2.23. The molecule has 0 rings (SSSR count). The van der Waals surface area contributed by atoms with E-state index < -0.39 is 24.2 Å². The third kappa shape index (κ3) is 4.91. The molecule has 0 amide bonds. The molecule has 2 nitrogen and oxygen atoms in total. The summed E-state index contributed by atoms with van der Waals surface area (Å²) in [6, 6.07) is 0. The normalized spacial score (nSPS) is 15.6. The Hall–Kier alpha value is -0.810. The Morgan fingerprint density at radius 3 is 1.88 bits per heavy atom.